The predicted molar refractivity (Wildman–Crippen MR) is 50.1 cm³/mol. The average Bonchev–Trinajstić information content (AvgIpc) is 2.18. The maximum Gasteiger partial charge on any atom is 0.276 e. The van der Waals surface area contributed by atoms with Gasteiger partial charge in [0.05, 0.1) is 4.90 Å². The van der Waals surface area contributed by atoms with Gasteiger partial charge in [-0.3, -0.25) is 0 Å². The van der Waals surface area contributed by atoms with Crippen molar-refractivity contribution in [3.63, 3.8) is 0 Å². The van der Waals surface area contributed by atoms with Gasteiger partial charge in [0, 0.05) is 6.20 Å². The van der Waals surface area contributed by atoms with E-state index in [0.29, 0.717) is 9.87 Å². The highest BCUT2D eigenvalue weighted by molar-refractivity contribution is 7.89. The van der Waals surface area contributed by atoms with E-state index < -0.39 is 10.0 Å². The van der Waals surface area contributed by atoms with Crippen LogP contribution in [0.2, 0.25) is 0 Å². The van der Waals surface area contributed by atoms with Crippen molar-refractivity contribution < 1.29 is 8.42 Å². The summed E-state index contributed by atoms with van der Waals surface area (Å²) in [7, 11) is -3.65. The van der Waals surface area contributed by atoms with Gasteiger partial charge in [-0.2, -0.15) is 18.0 Å². The van der Waals surface area contributed by atoms with Crippen LogP contribution in [0.25, 0.3) is 6.08 Å². The molecule has 0 atom stereocenters. The molecule has 0 radical (unpaired) electrons. The predicted octanol–water partition coefficient (Wildman–Crippen LogP) is 1.14. The zero-order chi connectivity index (χ0) is 10.2. The molecule has 0 fully saturated rings. The number of nitrogens with zero attached hydrogens (tertiary/aromatic N) is 2. The van der Waals surface area contributed by atoms with Crippen LogP contribution in [0.1, 0.15) is 5.56 Å². The monoisotopic (exact) mass is 206 g/mol. The highest BCUT2D eigenvalue weighted by Crippen LogP contribution is 2.25. The largest absolute Gasteiger partial charge is 0.276 e. The van der Waals surface area contributed by atoms with Crippen molar-refractivity contribution in [3.8, 4) is 6.19 Å². The van der Waals surface area contributed by atoms with Crippen molar-refractivity contribution in [2.45, 2.75) is 4.90 Å². The molecule has 1 aromatic carbocycles. The topological polar surface area (TPSA) is 61.2 Å². The summed E-state index contributed by atoms with van der Waals surface area (Å²) in [6, 6.07) is 6.56. The molecule has 0 bridgehead atoms. The van der Waals surface area contributed by atoms with E-state index >= 15 is 0 Å². The minimum atomic E-state index is -3.65. The van der Waals surface area contributed by atoms with Crippen LogP contribution in [0.3, 0.4) is 0 Å². The quantitative estimate of drug-likeness (QED) is 0.598. The van der Waals surface area contributed by atoms with Crippen LogP contribution < -0.4 is 0 Å². The van der Waals surface area contributed by atoms with Crippen LogP contribution in [-0.4, -0.2) is 12.7 Å². The summed E-state index contributed by atoms with van der Waals surface area (Å²) in [6.07, 6.45) is 4.44. The molecule has 70 valence electrons. The zero-order valence-electron chi connectivity index (χ0n) is 7.08. The summed E-state index contributed by atoms with van der Waals surface area (Å²) >= 11 is 0. The van der Waals surface area contributed by atoms with Crippen LogP contribution in [0.5, 0.6) is 0 Å². The fourth-order valence-corrected chi connectivity index (χ4v) is 2.50. The molecule has 0 spiro atoms. The molecule has 14 heavy (non-hydrogen) atoms. The molecular weight excluding hydrogens is 200 g/mol. The molecule has 0 aliphatic carbocycles. The Morgan fingerprint density at radius 3 is 2.71 bits per heavy atom. The second-order valence-electron chi connectivity index (χ2n) is 2.75. The Balaban J connectivity index is 2.74. The first-order chi connectivity index (χ1) is 6.66. The lowest BCUT2D eigenvalue weighted by molar-refractivity contribution is 0.555. The van der Waals surface area contributed by atoms with Crippen molar-refractivity contribution in [1.29, 1.82) is 5.26 Å². The Labute approximate surface area is 81.7 Å². The molecule has 1 heterocycles. The van der Waals surface area contributed by atoms with Crippen molar-refractivity contribution >= 4 is 16.1 Å². The van der Waals surface area contributed by atoms with Crippen LogP contribution >= 0.6 is 0 Å². The number of hydrogen-bond acceptors (Lipinski definition) is 3. The number of rotatable bonds is 0. The molecule has 1 aromatic rings. The number of sulfonamides is 1. The third-order valence-electron chi connectivity index (χ3n) is 1.94. The molecule has 0 N–H and O–H groups in total. The Hall–Kier alpha value is -1.80. The second-order valence-corrected chi connectivity index (χ2v) is 4.54. The summed E-state index contributed by atoms with van der Waals surface area (Å²) in [5, 5.41) is 8.60. The van der Waals surface area contributed by atoms with Crippen LogP contribution in [-0.2, 0) is 10.0 Å². The van der Waals surface area contributed by atoms with E-state index in [0.717, 1.165) is 0 Å². The Bertz CT molecular complexity index is 540. The molecule has 4 nitrogen and oxygen atoms in total. The lowest BCUT2D eigenvalue weighted by Gasteiger charge is -2.17. The fraction of sp³-hybridized carbons (Fsp3) is 0. The minimum Gasteiger partial charge on any atom is -0.200 e. The smallest absolute Gasteiger partial charge is 0.200 e. The van der Waals surface area contributed by atoms with Gasteiger partial charge in [0.15, 0.2) is 6.19 Å². The van der Waals surface area contributed by atoms with Crippen molar-refractivity contribution in [2.75, 3.05) is 0 Å². The summed E-state index contributed by atoms with van der Waals surface area (Å²) in [5.41, 5.74) is 0.610. The van der Waals surface area contributed by atoms with Gasteiger partial charge in [-0.15, -0.1) is 0 Å². The molecule has 1 aliphatic rings. The first kappa shape index (κ1) is 8.78. The third-order valence-corrected chi connectivity index (χ3v) is 3.59. The second kappa shape index (κ2) is 2.86. The van der Waals surface area contributed by atoms with E-state index in [-0.39, 0.29) is 4.90 Å². The molecule has 0 unspecified atom stereocenters. The van der Waals surface area contributed by atoms with Gasteiger partial charge < -0.3 is 0 Å². The first-order valence-electron chi connectivity index (χ1n) is 3.87. The van der Waals surface area contributed by atoms with Gasteiger partial charge in [0.1, 0.15) is 0 Å². The highest BCUT2D eigenvalue weighted by atomic mass is 32.2. The van der Waals surface area contributed by atoms with Gasteiger partial charge >= 0.3 is 0 Å². The maximum absolute atomic E-state index is 11.7. The van der Waals surface area contributed by atoms with Crippen molar-refractivity contribution in [1.82, 2.24) is 4.31 Å². The van der Waals surface area contributed by atoms with Gasteiger partial charge in [-0.25, -0.2) is 0 Å². The molecule has 2 rings (SSSR count). The van der Waals surface area contributed by atoms with E-state index in [2.05, 4.69) is 0 Å². The van der Waals surface area contributed by atoms with E-state index in [4.69, 9.17) is 5.26 Å². The van der Waals surface area contributed by atoms with Gasteiger partial charge in [-0.1, -0.05) is 18.2 Å². The van der Waals surface area contributed by atoms with Crippen molar-refractivity contribution in [3.05, 3.63) is 36.0 Å². The van der Waals surface area contributed by atoms with Crippen molar-refractivity contribution in [2.24, 2.45) is 0 Å². The lowest BCUT2D eigenvalue weighted by atomic mass is 10.2. The fourth-order valence-electron chi connectivity index (χ4n) is 1.27. The van der Waals surface area contributed by atoms with E-state index in [1.807, 2.05) is 0 Å². The Kier molecular flexibility index (Phi) is 1.79. The number of hydrogen-bond donors (Lipinski definition) is 0. The molecule has 0 aromatic heterocycles. The summed E-state index contributed by atoms with van der Waals surface area (Å²) in [5.74, 6) is 0. The van der Waals surface area contributed by atoms with E-state index in [9.17, 15) is 8.42 Å². The minimum absolute atomic E-state index is 0.170. The number of fused-ring (bicyclic) bond motifs is 1. The average molecular weight is 206 g/mol. The zero-order valence-corrected chi connectivity index (χ0v) is 7.90. The Morgan fingerprint density at radius 1 is 1.29 bits per heavy atom. The maximum atomic E-state index is 11.7. The van der Waals surface area contributed by atoms with Crippen LogP contribution in [0.15, 0.2) is 35.4 Å². The normalized spacial score (nSPS) is 17.2. The molecular formula is C9H6N2O2S. The summed E-state index contributed by atoms with van der Waals surface area (Å²) in [4.78, 5) is 0.170. The molecule has 5 heteroatoms. The number of nitriles is 1. The molecule has 0 saturated carbocycles. The SMILES string of the molecule is N#CN1C=Cc2ccccc2S1(=O)=O. The lowest BCUT2D eigenvalue weighted by Crippen LogP contribution is -2.24. The van der Waals surface area contributed by atoms with Gasteiger partial charge in [0.25, 0.3) is 10.0 Å². The standard InChI is InChI=1S/C9H6N2O2S/c10-7-11-6-5-8-3-1-2-4-9(8)14(11,12)13/h1-6H. The molecule has 0 amide bonds. The molecule has 1 aliphatic heterocycles. The van der Waals surface area contributed by atoms with E-state index in [1.54, 1.807) is 30.5 Å². The summed E-state index contributed by atoms with van der Waals surface area (Å²) in [6.45, 7) is 0. The Morgan fingerprint density at radius 2 is 2.00 bits per heavy atom. The van der Waals surface area contributed by atoms with Gasteiger partial charge in [0.2, 0.25) is 0 Å². The van der Waals surface area contributed by atoms with Crippen LogP contribution in [0.4, 0.5) is 0 Å². The van der Waals surface area contributed by atoms with Crippen LogP contribution in [0, 0.1) is 11.5 Å². The summed E-state index contributed by atoms with van der Waals surface area (Å²) < 4.78 is 24.0. The first-order valence-corrected chi connectivity index (χ1v) is 5.31. The third kappa shape index (κ3) is 1.09. The van der Waals surface area contributed by atoms with E-state index in [1.165, 1.54) is 12.3 Å². The highest BCUT2D eigenvalue weighted by Gasteiger charge is 2.26. The number of benzene rings is 1. The van der Waals surface area contributed by atoms with Gasteiger partial charge in [-0.05, 0) is 17.7 Å². The molecule has 0 saturated heterocycles.